The molecule has 12 heteroatoms. The second kappa shape index (κ2) is 10.9. The standard InChI is InChI=1S/C27H32N10O2/c1-34-8-10-35(11-9-34)25(38)20-4-2-19(3-5-20)6-7-37-18-31-23-22(21-16-29-26(28)30-17-21)32-27(33-24(23)37)36-12-14-39-15-13-36/h2-5,16-18H,6-15H2,1H3,(H2,28,29,30). The van der Waals surface area contributed by atoms with E-state index in [0.717, 1.165) is 68.0 Å². The van der Waals surface area contributed by atoms with E-state index >= 15 is 0 Å². The average molecular weight is 529 g/mol. The molecule has 0 aliphatic carbocycles. The van der Waals surface area contributed by atoms with Crippen LogP contribution in [0.25, 0.3) is 22.4 Å². The largest absolute Gasteiger partial charge is 0.378 e. The van der Waals surface area contributed by atoms with Crippen LogP contribution in [0.15, 0.2) is 43.0 Å². The van der Waals surface area contributed by atoms with Gasteiger partial charge >= 0.3 is 0 Å². The fraction of sp³-hybridized carbons (Fsp3) is 0.407. The van der Waals surface area contributed by atoms with Gasteiger partial charge in [0.1, 0.15) is 11.2 Å². The van der Waals surface area contributed by atoms with E-state index in [-0.39, 0.29) is 11.9 Å². The Morgan fingerprint density at radius 3 is 2.38 bits per heavy atom. The molecule has 5 heterocycles. The van der Waals surface area contributed by atoms with E-state index in [0.29, 0.717) is 36.9 Å². The fourth-order valence-corrected chi connectivity index (χ4v) is 4.92. The van der Waals surface area contributed by atoms with Crippen molar-refractivity contribution >= 4 is 29.0 Å². The van der Waals surface area contributed by atoms with Crippen LogP contribution < -0.4 is 10.6 Å². The second-order valence-electron chi connectivity index (χ2n) is 9.95. The first kappa shape index (κ1) is 25.1. The van der Waals surface area contributed by atoms with Crippen LogP contribution in [0.1, 0.15) is 15.9 Å². The zero-order valence-electron chi connectivity index (χ0n) is 22.0. The van der Waals surface area contributed by atoms with Gasteiger partial charge in [0.05, 0.1) is 19.5 Å². The van der Waals surface area contributed by atoms with Crippen LogP contribution in [-0.4, -0.2) is 105 Å². The number of nitrogens with two attached hydrogens (primary N) is 1. The lowest BCUT2D eigenvalue weighted by atomic mass is 10.1. The van der Waals surface area contributed by atoms with Gasteiger partial charge in [0.25, 0.3) is 5.91 Å². The number of amides is 1. The summed E-state index contributed by atoms with van der Waals surface area (Å²) < 4.78 is 7.57. The molecule has 0 bridgehead atoms. The molecular weight excluding hydrogens is 496 g/mol. The number of imidazole rings is 1. The number of aryl methyl sites for hydroxylation is 2. The quantitative estimate of drug-likeness (QED) is 0.391. The minimum absolute atomic E-state index is 0.0989. The number of nitrogen functional groups attached to an aromatic ring is 1. The molecule has 4 aromatic rings. The van der Waals surface area contributed by atoms with E-state index < -0.39 is 0 Å². The molecule has 1 aromatic carbocycles. The van der Waals surface area contributed by atoms with Gasteiger partial charge in [-0.1, -0.05) is 12.1 Å². The Labute approximate surface area is 226 Å². The van der Waals surface area contributed by atoms with E-state index in [4.69, 9.17) is 20.4 Å². The highest BCUT2D eigenvalue weighted by Crippen LogP contribution is 2.27. The lowest BCUT2D eigenvalue weighted by Gasteiger charge is -2.32. The average Bonchev–Trinajstić information content (AvgIpc) is 3.40. The van der Waals surface area contributed by atoms with Crippen molar-refractivity contribution in [2.24, 2.45) is 0 Å². The Hall–Kier alpha value is -4.16. The SMILES string of the molecule is CN1CCN(C(=O)c2ccc(CCn3cnc4c(-c5cnc(N)nc5)nc(N5CCOCC5)nc43)cc2)CC1. The summed E-state index contributed by atoms with van der Waals surface area (Å²) in [6, 6.07) is 7.93. The summed E-state index contributed by atoms with van der Waals surface area (Å²) in [5.74, 6) is 0.937. The van der Waals surface area contributed by atoms with Crippen LogP contribution in [0.3, 0.4) is 0 Å². The number of rotatable bonds is 6. The van der Waals surface area contributed by atoms with Gasteiger partial charge in [-0.3, -0.25) is 4.79 Å². The van der Waals surface area contributed by atoms with E-state index in [2.05, 4.69) is 31.8 Å². The van der Waals surface area contributed by atoms with Crippen LogP contribution >= 0.6 is 0 Å². The number of benzene rings is 1. The minimum atomic E-state index is 0.0989. The number of carbonyl (C=O) groups excluding carboxylic acids is 1. The van der Waals surface area contributed by atoms with Gasteiger partial charge < -0.3 is 29.7 Å². The van der Waals surface area contributed by atoms with Gasteiger partial charge in [0.15, 0.2) is 5.65 Å². The van der Waals surface area contributed by atoms with Crippen molar-refractivity contribution in [1.82, 2.24) is 39.3 Å². The lowest BCUT2D eigenvalue weighted by Crippen LogP contribution is -2.47. The number of anilines is 2. The zero-order valence-corrected chi connectivity index (χ0v) is 22.0. The summed E-state index contributed by atoms with van der Waals surface area (Å²) in [6.07, 6.45) is 5.90. The maximum absolute atomic E-state index is 12.9. The van der Waals surface area contributed by atoms with Crippen molar-refractivity contribution in [2.75, 3.05) is 70.2 Å². The van der Waals surface area contributed by atoms with Crippen molar-refractivity contribution < 1.29 is 9.53 Å². The molecule has 2 fully saturated rings. The summed E-state index contributed by atoms with van der Waals surface area (Å²) in [5.41, 5.74) is 10.4. The molecule has 3 aromatic heterocycles. The van der Waals surface area contributed by atoms with E-state index in [9.17, 15) is 4.79 Å². The van der Waals surface area contributed by atoms with Gasteiger partial charge in [-0.05, 0) is 31.2 Å². The van der Waals surface area contributed by atoms with Gasteiger partial charge in [-0.25, -0.2) is 19.9 Å². The van der Waals surface area contributed by atoms with Gasteiger partial charge in [0.2, 0.25) is 11.9 Å². The van der Waals surface area contributed by atoms with Crippen molar-refractivity contribution in [3.8, 4) is 11.3 Å². The van der Waals surface area contributed by atoms with Crippen LogP contribution in [0, 0.1) is 0 Å². The van der Waals surface area contributed by atoms with E-state index in [1.165, 1.54) is 0 Å². The molecule has 39 heavy (non-hydrogen) atoms. The number of fused-ring (bicyclic) bond motifs is 1. The monoisotopic (exact) mass is 528 g/mol. The number of likely N-dealkylation sites (N-methyl/N-ethyl adjacent to an activating group) is 1. The molecule has 0 atom stereocenters. The number of aromatic nitrogens is 6. The Morgan fingerprint density at radius 2 is 1.67 bits per heavy atom. The molecule has 0 saturated carbocycles. The smallest absolute Gasteiger partial charge is 0.253 e. The highest BCUT2D eigenvalue weighted by atomic mass is 16.5. The summed E-state index contributed by atoms with van der Waals surface area (Å²) in [4.78, 5) is 41.9. The first-order valence-electron chi connectivity index (χ1n) is 13.3. The van der Waals surface area contributed by atoms with Crippen molar-refractivity contribution in [3.63, 3.8) is 0 Å². The molecule has 0 unspecified atom stereocenters. The maximum atomic E-state index is 12.9. The highest BCUT2D eigenvalue weighted by molar-refractivity contribution is 5.94. The molecule has 0 spiro atoms. The van der Waals surface area contributed by atoms with Gasteiger partial charge in [-0.2, -0.15) is 4.98 Å². The Morgan fingerprint density at radius 1 is 0.949 bits per heavy atom. The van der Waals surface area contributed by atoms with Crippen molar-refractivity contribution in [3.05, 3.63) is 54.1 Å². The number of piperazine rings is 1. The molecule has 0 radical (unpaired) electrons. The van der Waals surface area contributed by atoms with Gasteiger partial charge in [0, 0.05) is 69.3 Å². The van der Waals surface area contributed by atoms with E-state index in [1.54, 1.807) is 18.7 Å². The third-order valence-corrected chi connectivity index (χ3v) is 7.32. The molecule has 202 valence electrons. The Balaban J connectivity index is 1.23. The van der Waals surface area contributed by atoms with Crippen LogP contribution in [0.2, 0.25) is 0 Å². The molecule has 6 rings (SSSR count). The number of ether oxygens (including phenoxy) is 1. The Bertz CT molecular complexity index is 1440. The first-order chi connectivity index (χ1) is 19.0. The maximum Gasteiger partial charge on any atom is 0.253 e. The number of carbonyl (C=O) groups is 1. The highest BCUT2D eigenvalue weighted by Gasteiger charge is 2.22. The summed E-state index contributed by atoms with van der Waals surface area (Å²) in [6.45, 7) is 6.74. The molecule has 12 nitrogen and oxygen atoms in total. The molecule has 2 saturated heterocycles. The lowest BCUT2D eigenvalue weighted by molar-refractivity contribution is 0.0664. The predicted octanol–water partition coefficient (Wildman–Crippen LogP) is 1.33. The normalized spacial score (nSPS) is 16.6. The summed E-state index contributed by atoms with van der Waals surface area (Å²) >= 11 is 0. The van der Waals surface area contributed by atoms with E-state index in [1.807, 2.05) is 33.7 Å². The summed E-state index contributed by atoms with van der Waals surface area (Å²) in [5, 5.41) is 0. The Kier molecular flexibility index (Phi) is 7.03. The number of nitrogens with zero attached hydrogens (tertiary/aromatic N) is 9. The number of hydrogen-bond donors (Lipinski definition) is 1. The van der Waals surface area contributed by atoms with Crippen LogP contribution in [0.5, 0.6) is 0 Å². The third kappa shape index (κ3) is 5.38. The molecule has 1 amide bonds. The third-order valence-electron chi connectivity index (χ3n) is 7.32. The number of morpholine rings is 1. The van der Waals surface area contributed by atoms with Gasteiger partial charge in [-0.15, -0.1) is 0 Å². The van der Waals surface area contributed by atoms with Crippen LogP contribution in [0.4, 0.5) is 11.9 Å². The zero-order chi connectivity index (χ0) is 26.8. The first-order valence-corrected chi connectivity index (χ1v) is 13.3. The molecule has 2 N–H and O–H groups in total. The summed E-state index contributed by atoms with van der Waals surface area (Å²) in [7, 11) is 2.09. The predicted molar refractivity (Wildman–Crippen MR) is 147 cm³/mol. The molecule has 2 aliphatic heterocycles. The topological polar surface area (TPSA) is 131 Å². The molecule has 2 aliphatic rings. The van der Waals surface area contributed by atoms with Crippen molar-refractivity contribution in [1.29, 1.82) is 0 Å². The van der Waals surface area contributed by atoms with Crippen LogP contribution in [-0.2, 0) is 17.7 Å². The fourth-order valence-electron chi connectivity index (χ4n) is 4.92. The van der Waals surface area contributed by atoms with Crippen molar-refractivity contribution in [2.45, 2.75) is 13.0 Å². The molecular formula is C27H32N10O2. The second-order valence-corrected chi connectivity index (χ2v) is 9.95. The number of hydrogen-bond acceptors (Lipinski definition) is 10. The minimum Gasteiger partial charge on any atom is -0.378 e.